The maximum Gasteiger partial charge on any atom is 0.351 e. The van der Waals surface area contributed by atoms with Gasteiger partial charge in [-0.05, 0) is 53.6 Å². The zero-order chi connectivity index (χ0) is 84.5. The van der Waals surface area contributed by atoms with Crippen molar-refractivity contribution in [1.29, 1.82) is 0 Å². The summed E-state index contributed by atoms with van der Waals surface area (Å²) < 4.78 is 121. The van der Waals surface area contributed by atoms with E-state index in [1.54, 1.807) is 26.4 Å². The fourth-order valence-corrected chi connectivity index (χ4v) is 11.6. The van der Waals surface area contributed by atoms with Crippen LogP contribution in [0.4, 0.5) is 55.6 Å². The number of aliphatic hydroxyl groups excluding tert-OH is 10. The van der Waals surface area contributed by atoms with Gasteiger partial charge in [0, 0.05) is 55.8 Å². The van der Waals surface area contributed by atoms with E-state index in [2.05, 4.69) is 90.3 Å². The highest BCUT2D eigenvalue weighted by Gasteiger charge is 2.60. The molecule has 0 radical (unpaired) electrons. The first-order valence-corrected chi connectivity index (χ1v) is 32.5. The quantitative estimate of drug-likeness (QED) is 0.00986. The summed E-state index contributed by atoms with van der Waals surface area (Å²) in [4.78, 5) is 85.5. The van der Waals surface area contributed by atoms with E-state index in [9.17, 15) is 96.6 Å². The average molecular weight is 1630 g/mol. The number of nitrogens with zero attached hydrogens (tertiary/aromatic N) is 27. The zero-order valence-electron chi connectivity index (χ0n) is 59.1. The lowest BCUT2D eigenvalue weighted by molar-refractivity contribution is -0.122. The van der Waals surface area contributed by atoms with Crippen molar-refractivity contribution < 1.29 is 111 Å². The molecule has 11 rings (SSSR count). The number of halogens is 6. The van der Waals surface area contributed by atoms with Crippen LogP contribution < -0.4 is 55.5 Å². The molecule has 59 heteroatoms. The molecule has 19 N–H and O–H groups in total. The van der Waals surface area contributed by atoms with Crippen molar-refractivity contribution in [2.75, 3.05) is 107 Å². The Kier molecular flexibility index (Phi) is 30.1. The lowest BCUT2D eigenvalue weighted by atomic mass is 9.97. The minimum absolute atomic E-state index is 0.00212. The summed E-state index contributed by atoms with van der Waals surface area (Å²) >= 11 is 0. The first-order chi connectivity index (χ1) is 54.2. The van der Waals surface area contributed by atoms with Gasteiger partial charge in [0.15, 0.2) is 90.6 Å². The molecule has 0 spiro atoms. The summed E-state index contributed by atoms with van der Waals surface area (Å²) in [5.74, 6) is -1.60. The van der Waals surface area contributed by atoms with Crippen molar-refractivity contribution in [3.05, 3.63) is 149 Å². The summed E-state index contributed by atoms with van der Waals surface area (Å²) in [5.41, 5.74) is 47.6. The minimum Gasteiger partial charge on any atom is -0.476 e. The van der Waals surface area contributed by atoms with Gasteiger partial charge < -0.3 is 102 Å². The average Bonchev–Trinajstić information content (AvgIpc) is 1.58. The Balaban J connectivity index is 0.000000198. The Morgan fingerprint density at radius 2 is 0.833 bits per heavy atom. The van der Waals surface area contributed by atoms with Gasteiger partial charge in [0.25, 0.3) is 0 Å². The molecule has 0 saturated carbocycles. The number of nitrogens with two attached hydrogens (primary N) is 3. The molecule has 0 unspecified atom stereocenters. The summed E-state index contributed by atoms with van der Waals surface area (Å²) in [6.45, 7) is -2.92. The van der Waals surface area contributed by atoms with E-state index in [1.807, 2.05) is 0 Å². The van der Waals surface area contributed by atoms with Crippen LogP contribution in [0.5, 0.6) is 5.88 Å². The lowest BCUT2D eigenvalue weighted by Crippen LogP contribution is -2.48. The van der Waals surface area contributed by atoms with Gasteiger partial charge in [-0.1, -0.05) is 25.6 Å². The monoisotopic (exact) mass is 1630 g/mol. The van der Waals surface area contributed by atoms with Crippen LogP contribution in [0.25, 0.3) is 63.4 Å². The van der Waals surface area contributed by atoms with Gasteiger partial charge >= 0.3 is 22.8 Å². The number of fused-ring (bicyclic) bond motifs is 1. The van der Waals surface area contributed by atoms with Crippen molar-refractivity contribution in [3.8, 4) is 5.88 Å². The van der Waals surface area contributed by atoms with E-state index in [-0.39, 0.29) is 40.4 Å². The van der Waals surface area contributed by atoms with Crippen molar-refractivity contribution in [2.24, 2.45) is 25.6 Å². The first-order valence-electron chi connectivity index (χ1n) is 32.5. The third kappa shape index (κ3) is 18.2. The summed E-state index contributed by atoms with van der Waals surface area (Å²) in [6.07, 6.45) is -21.5. The Morgan fingerprint density at radius 3 is 1.17 bits per heavy atom. The number of alkyl halides is 5. The van der Waals surface area contributed by atoms with Crippen LogP contribution in [0.2, 0.25) is 0 Å². The molecule has 5 aliphatic heterocycles. The predicted octanol–water partition coefficient (Wildman–Crippen LogP) is -2.42. The smallest absolute Gasteiger partial charge is 0.351 e. The number of aromatic nitrogens is 12. The fraction of sp³-hybridized carbons (Fsp3) is 0.618. The second-order valence-electron chi connectivity index (χ2n) is 24.7. The van der Waals surface area contributed by atoms with Gasteiger partial charge in [0.05, 0.1) is 84.9 Å². The van der Waals surface area contributed by atoms with E-state index in [0.29, 0.717) is 22.9 Å². The van der Waals surface area contributed by atoms with E-state index in [0.717, 1.165) is 19.9 Å². The van der Waals surface area contributed by atoms with Crippen LogP contribution in [0.3, 0.4) is 0 Å². The van der Waals surface area contributed by atoms with Crippen molar-refractivity contribution >= 4 is 40.4 Å². The van der Waals surface area contributed by atoms with Gasteiger partial charge in [-0.3, -0.25) is 33.5 Å². The maximum atomic E-state index is 14.8. The second-order valence-corrected chi connectivity index (χ2v) is 24.7. The van der Waals surface area contributed by atoms with Gasteiger partial charge in [-0.25, -0.2) is 50.5 Å². The Hall–Kier alpha value is -11.6. The summed E-state index contributed by atoms with van der Waals surface area (Å²) in [5, 5.41) is 124. The van der Waals surface area contributed by atoms with Crippen molar-refractivity contribution in [1.82, 2.24) is 57.7 Å². The van der Waals surface area contributed by atoms with E-state index >= 15 is 0 Å². The number of nitrogen functional groups attached to an aromatic ring is 3. The molecule has 0 bridgehead atoms. The number of azide groups is 5. The number of anilines is 5. The lowest BCUT2D eigenvalue weighted by Gasteiger charge is -2.27. The number of aryl methyl sites for hydroxylation is 1. The third-order valence-corrected chi connectivity index (χ3v) is 17.9. The number of ether oxygens (including phenoxy) is 6. The highest BCUT2D eigenvalue weighted by Crippen LogP contribution is 2.45. The van der Waals surface area contributed by atoms with Gasteiger partial charge in [-0.2, -0.15) is 29.9 Å². The SMILES string of the molecule is CCOc1nc(N)nc2c1ncn2[C@@H]1O[C@@](CO)(CN=[N+]=[N-])[C@@H](O)[C@H]1F.CNc1ccn([C@@H]2O[C@@](CO)(CN=[N+]=[N-])[C@@H](O)[C@H]2F)c(=O)n1.Cc1cn([C@@H]2O[C@@](CO)(CN=[N+]=[N-])[C@@H](O)[C@H]2F)c(=O)nc1N.[N-]=[N+]=NC[C@]1(CO)O[C@@H](n2cc(F)c(N)nc2=O)[C@H](F)[C@@H]1O.[N-]=[N+]=NC[C@]1(CO)O[C@@H](n2ccc(NO)nc2=O)[C@H](F)[C@@H]1O. The molecule has 114 heavy (non-hydrogen) atoms. The van der Waals surface area contributed by atoms with Crippen LogP contribution in [0.15, 0.2) is 88.0 Å². The van der Waals surface area contributed by atoms with Crippen LogP contribution in [-0.4, -0.2) is 283 Å². The number of hydrogen-bond donors (Lipinski definition) is 16. The van der Waals surface area contributed by atoms with Crippen molar-refractivity contribution in [3.63, 3.8) is 0 Å². The molecule has 5 saturated heterocycles. The molecule has 53 nitrogen and oxygen atoms in total. The maximum absolute atomic E-state index is 14.8. The largest absolute Gasteiger partial charge is 0.476 e. The molecule has 0 aliphatic carbocycles. The molecule has 620 valence electrons. The number of imidazole rings is 1. The van der Waals surface area contributed by atoms with Crippen LogP contribution in [0, 0.1) is 12.7 Å². The molecule has 0 aromatic carbocycles. The molecule has 0 amide bonds. The Labute approximate surface area is 629 Å². The van der Waals surface area contributed by atoms with Crippen LogP contribution in [-0.2, 0) is 23.7 Å². The molecule has 6 aromatic rings. The minimum atomic E-state index is -2.19. The van der Waals surface area contributed by atoms with Gasteiger partial charge in [-0.15, -0.1) is 0 Å². The molecule has 5 aliphatic rings. The molecule has 11 heterocycles. The number of hydrogen-bond acceptors (Lipinski definition) is 38. The third-order valence-electron chi connectivity index (χ3n) is 17.9. The number of rotatable bonds is 24. The van der Waals surface area contributed by atoms with Gasteiger partial charge in [0.2, 0.25) is 11.8 Å². The van der Waals surface area contributed by atoms with E-state index in [4.69, 9.17) is 78.5 Å². The standard InChI is InChI=1S/C13H17FN8O4.2C11H15FN6O4.C10H12F2N6O4.C10H13FN6O5/c1-2-25-10-7-9(19-12(15)20-10)22(5-17-7)11-6(14)8(24)13(4-23,26-11)3-18-21-16;1-5-2-18(10(21)16-8(5)13)9-6(12)7(20)11(4-19,22-9)3-15-17-14;1-14-6-2-3-18(10(21)16-6)9-7(12)8(20)11(5-19,22-9)4-15-17-13;11-4-1-18(9(21)16-7(4)13)8-5(12)6(20)10(3-19,22-8)2-15-17-14;11-6-7(19)10(4-18,3-13-16-12)22-8(6)17-2-1-5(15-21)14-9(17)20/h5-6,8,11,23-24H,2-4H2,1H3,(H2,15,19,20);2,6-7,9,19-20H,3-4H2,1H3,(H2,13,16,21);2-3,7-9,19-20H,4-5H2,1H3,(H,14,16,21);1,5-6,8,19-20H,2-3H2,(H2,13,16,21);1-2,6-8,18-19,21H,3-4H2,(H,14,15,20)/t6-,8+,11-,13-;6-,7+,9-,11-;7-,8+,9-,11-;5-,6+,8-,10-;6-,7+,8-,10-/m11111/s1. The molecule has 20 atom stereocenters. The highest BCUT2D eigenvalue weighted by atomic mass is 19.2. The number of nitrogens with one attached hydrogen (secondary N) is 2. The van der Waals surface area contributed by atoms with Gasteiger partial charge in [0.1, 0.15) is 70.2 Å². The second kappa shape index (κ2) is 38.3. The van der Waals surface area contributed by atoms with E-state index < -0.39 is 221 Å². The first kappa shape index (κ1) is 89.6. The van der Waals surface area contributed by atoms with Crippen molar-refractivity contribution in [2.45, 2.75) is 134 Å². The predicted molar refractivity (Wildman–Crippen MR) is 368 cm³/mol. The summed E-state index contributed by atoms with van der Waals surface area (Å²) in [6, 6.07) is 2.60. The molecule has 5 fully saturated rings. The topological polar surface area (TPSA) is 807 Å². The number of aliphatic hydroxyl groups is 10. The highest BCUT2D eigenvalue weighted by molar-refractivity contribution is 5.77. The van der Waals surface area contributed by atoms with Crippen LogP contribution in [0.1, 0.15) is 43.6 Å². The molecule has 6 aromatic heterocycles. The normalized spacial score (nSPS) is 30.3. The van der Waals surface area contributed by atoms with Crippen LogP contribution >= 0.6 is 0 Å². The fourth-order valence-electron chi connectivity index (χ4n) is 11.6. The zero-order valence-corrected chi connectivity index (χ0v) is 59.1. The molecular formula is C55H72F6N32O21. The molecular weight excluding hydrogens is 1560 g/mol. The van der Waals surface area contributed by atoms with E-state index in [1.165, 1.54) is 35.4 Å². The summed E-state index contributed by atoms with van der Waals surface area (Å²) in [7, 11) is 1.57. The Bertz CT molecular complexity index is 4660. The Morgan fingerprint density at radius 1 is 0.509 bits per heavy atom.